The van der Waals surface area contributed by atoms with Gasteiger partial charge < -0.3 is 4.74 Å². The summed E-state index contributed by atoms with van der Waals surface area (Å²) in [5, 5.41) is 7.79. The Morgan fingerprint density at radius 2 is 2.23 bits per heavy atom. The van der Waals surface area contributed by atoms with E-state index in [2.05, 4.69) is 14.7 Å². The van der Waals surface area contributed by atoms with Crippen molar-refractivity contribution in [3.63, 3.8) is 0 Å². The summed E-state index contributed by atoms with van der Waals surface area (Å²) in [4.78, 5) is 8.37. The number of thiophene rings is 1. The fourth-order valence-corrected chi connectivity index (χ4v) is 4.50. The van der Waals surface area contributed by atoms with E-state index in [0.717, 1.165) is 16.7 Å². The van der Waals surface area contributed by atoms with E-state index in [9.17, 15) is 4.21 Å². The number of allylic oxidation sites excluding steroid dienone is 2. The number of halogens is 1. The Bertz CT molecular complexity index is 979. The van der Waals surface area contributed by atoms with Crippen LogP contribution in [0.2, 0.25) is 4.34 Å². The average Bonchev–Trinajstić information content (AvgIpc) is 3.08. The Morgan fingerprint density at radius 1 is 1.42 bits per heavy atom. The van der Waals surface area contributed by atoms with E-state index in [1.54, 1.807) is 30.6 Å². The molecule has 9 heteroatoms. The fraction of sp³-hybridized carbons (Fsp3) is 0.118. The lowest BCUT2D eigenvalue weighted by molar-refractivity contribution is 0.400. The number of methoxy groups -OCH3 is 1. The van der Waals surface area contributed by atoms with Crippen LogP contribution in [0.3, 0.4) is 0 Å². The van der Waals surface area contributed by atoms with Crippen molar-refractivity contribution >= 4 is 57.2 Å². The second-order valence-electron chi connectivity index (χ2n) is 5.16. The molecule has 0 aromatic carbocycles. The number of nitrogens with zero attached hydrogens (tertiary/aromatic N) is 2. The number of amidine groups is 1. The largest absolute Gasteiger partial charge is 0.480 e. The molecule has 0 radical (unpaired) electrons. The van der Waals surface area contributed by atoms with Crippen LogP contribution in [0, 0.1) is 5.41 Å². The van der Waals surface area contributed by atoms with Crippen LogP contribution in [0.5, 0.6) is 5.88 Å². The van der Waals surface area contributed by atoms with Crippen molar-refractivity contribution in [2.24, 2.45) is 4.99 Å². The summed E-state index contributed by atoms with van der Waals surface area (Å²) in [7, 11) is 0.0112. The van der Waals surface area contributed by atoms with Crippen molar-refractivity contribution in [1.82, 2.24) is 4.98 Å². The van der Waals surface area contributed by atoms with E-state index in [1.807, 2.05) is 19.1 Å². The monoisotopic (exact) mass is 406 g/mol. The molecular weight excluding hydrogens is 392 g/mol. The SMILES string of the molecule is C/C=C1\C=C(c2cnc(OC)c(NS(=O)c3ccc(Cl)s3)c2)C=NC1=N. The van der Waals surface area contributed by atoms with Crippen LogP contribution in [0.25, 0.3) is 5.57 Å². The highest BCUT2D eigenvalue weighted by molar-refractivity contribution is 7.88. The van der Waals surface area contributed by atoms with Gasteiger partial charge in [0.1, 0.15) is 9.90 Å². The van der Waals surface area contributed by atoms with Crippen LogP contribution in [0.15, 0.2) is 51.3 Å². The number of hydrogen-bond acceptors (Lipinski definition) is 5. The summed E-state index contributed by atoms with van der Waals surface area (Å²) in [5.74, 6) is 0.545. The maximum atomic E-state index is 12.5. The van der Waals surface area contributed by atoms with Crippen LogP contribution in [-0.2, 0) is 11.0 Å². The van der Waals surface area contributed by atoms with Crippen molar-refractivity contribution < 1.29 is 8.95 Å². The van der Waals surface area contributed by atoms with Gasteiger partial charge in [-0.1, -0.05) is 17.7 Å². The first-order valence-electron chi connectivity index (χ1n) is 7.51. The highest BCUT2D eigenvalue weighted by Crippen LogP contribution is 2.30. The van der Waals surface area contributed by atoms with Gasteiger partial charge in [0, 0.05) is 29.1 Å². The molecule has 2 aromatic heterocycles. The Morgan fingerprint density at radius 3 is 2.88 bits per heavy atom. The summed E-state index contributed by atoms with van der Waals surface area (Å²) in [6.07, 6.45) is 6.94. The molecule has 1 atom stereocenters. The molecule has 1 aliphatic rings. The van der Waals surface area contributed by atoms with Crippen LogP contribution >= 0.6 is 22.9 Å². The van der Waals surface area contributed by atoms with E-state index in [1.165, 1.54) is 18.4 Å². The van der Waals surface area contributed by atoms with Gasteiger partial charge in [-0.2, -0.15) is 0 Å². The van der Waals surface area contributed by atoms with Crippen molar-refractivity contribution in [2.75, 3.05) is 11.8 Å². The lowest BCUT2D eigenvalue weighted by atomic mass is 10.0. The highest BCUT2D eigenvalue weighted by atomic mass is 35.5. The van der Waals surface area contributed by atoms with Gasteiger partial charge in [-0.25, -0.2) is 14.2 Å². The molecule has 3 heterocycles. The van der Waals surface area contributed by atoms with E-state index in [-0.39, 0.29) is 5.84 Å². The van der Waals surface area contributed by atoms with Crippen LogP contribution in [0.4, 0.5) is 5.69 Å². The first kappa shape index (κ1) is 18.5. The van der Waals surface area contributed by atoms with Gasteiger partial charge in [-0.15, -0.1) is 11.3 Å². The molecule has 0 fully saturated rings. The number of pyridine rings is 1. The van der Waals surface area contributed by atoms with Crippen LogP contribution in [0.1, 0.15) is 12.5 Å². The number of dihydropyridines is 1. The molecule has 26 heavy (non-hydrogen) atoms. The predicted molar refractivity (Wildman–Crippen MR) is 108 cm³/mol. The van der Waals surface area contributed by atoms with Gasteiger partial charge >= 0.3 is 0 Å². The number of nitrogens with one attached hydrogen (secondary N) is 2. The minimum Gasteiger partial charge on any atom is -0.480 e. The molecule has 2 N–H and O–H groups in total. The molecule has 0 aliphatic carbocycles. The summed E-state index contributed by atoms with van der Waals surface area (Å²) >= 11 is 7.15. The van der Waals surface area contributed by atoms with Gasteiger partial charge in [-0.05, 0) is 31.2 Å². The summed E-state index contributed by atoms with van der Waals surface area (Å²) in [5.41, 5.74) is 2.79. The topological polar surface area (TPSA) is 87.4 Å². The molecule has 134 valence electrons. The van der Waals surface area contributed by atoms with Gasteiger partial charge in [0.25, 0.3) is 0 Å². The van der Waals surface area contributed by atoms with Crippen molar-refractivity contribution in [3.8, 4) is 5.88 Å². The van der Waals surface area contributed by atoms with Crippen molar-refractivity contribution in [2.45, 2.75) is 11.1 Å². The van der Waals surface area contributed by atoms with E-state index in [4.69, 9.17) is 21.7 Å². The zero-order valence-corrected chi connectivity index (χ0v) is 16.3. The van der Waals surface area contributed by atoms with E-state index < -0.39 is 11.0 Å². The molecule has 6 nitrogen and oxygen atoms in total. The molecule has 1 aliphatic heterocycles. The number of hydrogen-bond donors (Lipinski definition) is 2. The highest BCUT2D eigenvalue weighted by Gasteiger charge is 2.15. The zero-order valence-electron chi connectivity index (χ0n) is 13.9. The smallest absolute Gasteiger partial charge is 0.238 e. The Balaban J connectivity index is 1.93. The Hall–Kier alpha value is -2.29. The van der Waals surface area contributed by atoms with Crippen LogP contribution in [-0.4, -0.2) is 28.4 Å². The minimum absolute atomic E-state index is 0.215. The standard InChI is InChI=1S/C17H15ClN4O2S2/c1-3-10-6-11(8-20-16(10)19)12-7-13(17(24-2)21-9-12)22-26(23)15-5-4-14(18)25-15/h3-9,19,22H,1-2H3/b10-3+,19-16?. The number of rotatable bonds is 5. The second kappa shape index (κ2) is 7.94. The van der Waals surface area contributed by atoms with Gasteiger partial charge in [-0.3, -0.25) is 10.1 Å². The summed E-state index contributed by atoms with van der Waals surface area (Å²) < 4.78 is 21.9. The number of ether oxygens (including phenoxy) is 1. The molecule has 2 aromatic rings. The predicted octanol–water partition coefficient (Wildman–Crippen LogP) is 4.33. The molecule has 0 spiro atoms. The zero-order chi connectivity index (χ0) is 18.7. The number of anilines is 1. The van der Waals surface area contributed by atoms with Gasteiger partial charge in [0.05, 0.1) is 11.4 Å². The molecular formula is C17H15ClN4O2S2. The Labute approximate surface area is 162 Å². The maximum Gasteiger partial charge on any atom is 0.238 e. The van der Waals surface area contributed by atoms with Crippen LogP contribution < -0.4 is 9.46 Å². The average molecular weight is 407 g/mol. The maximum absolute atomic E-state index is 12.5. The minimum atomic E-state index is -1.49. The fourth-order valence-electron chi connectivity index (χ4n) is 2.25. The van der Waals surface area contributed by atoms with Crippen molar-refractivity contribution in [3.05, 3.63) is 52.0 Å². The van der Waals surface area contributed by atoms with E-state index >= 15 is 0 Å². The lowest BCUT2D eigenvalue weighted by Gasteiger charge is -2.13. The molecule has 0 saturated carbocycles. The summed E-state index contributed by atoms with van der Waals surface area (Å²) in [6, 6.07) is 5.20. The molecule has 0 saturated heterocycles. The Kier molecular flexibility index (Phi) is 5.65. The molecule has 0 bridgehead atoms. The summed E-state index contributed by atoms with van der Waals surface area (Å²) in [6.45, 7) is 1.85. The molecule has 0 amide bonds. The number of aliphatic imine (C=N–C) groups is 1. The molecule has 3 rings (SSSR count). The first-order chi connectivity index (χ1) is 12.5. The van der Waals surface area contributed by atoms with Gasteiger partial charge in [0.15, 0.2) is 16.8 Å². The quantitative estimate of drug-likeness (QED) is 0.774. The lowest BCUT2D eigenvalue weighted by Crippen LogP contribution is -2.07. The third kappa shape index (κ3) is 3.92. The third-order valence-electron chi connectivity index (χ3n) is 3.54. The third-order valence-corrected chi connectivity index (χ3v) is 6.18. The molecule has 1 unspecified atom stereocenters. The van der Waals surface area contributed by atoms with Gasteiger partial charge in [0.2, 0.25) is 5.88 Å². The first-order valence-corrected chi connectivity index (χ1v) is 9.85. The van der Waals surface area contributed by atoms with Crippen molar-refractivity contribution in [1.29, 1.82) is 5.41 Å². The number of aromatic nitrogens is 1. The normalized spacial score (nSPS) is 16.5. The second-order valence-corrected chi connectivity index (χ2v) is 8.32. The van der Waals surface area contributed by atoms with E-state index in [0.29, 0.717) is 20.1 Å².